The van der Waals surface area contributed by atoms with Crippen molar-refractivity contribution in [2.24, 2.45) is 11.8 Å². The number of hydrogen-bond acceptors (Lipinski definition) is 11. The molecule has 0 amide bonds. The Morgan fingerprint density at radius 3 is 1.56 bits per heavy atom. The molecule has 0 aliphatic carbocycles. The fourth-order valence-corrected chi connectivity index (χ4v) is 3.08. The van der Waals surface area contributed by atoms with Crippen LogP contribution in [-0.2, 0) is 69.9 Å². The number of methoxy groups -OCH3 is 2. The van der Waals surface area contributed by atoms with Crippen molar-refractivity contribution in [3.63, 3.8) is 0 Å². The zero-order valence-electron chi connectivity index (χ0n) is 24.1. The minimum atomic E-state index is -1.19. The van der Waals surface area contributed by atoms with E-state index in [9.17, 15) is 19.2 Å². The van der Waals surface area contributed by atoms with Gasteiger partial charge in [0.2, 0.25) is 0 Å². The molecule has 0 bridgehead atoms. The second kappa shape index (κ2) is 29.1. The molecule has 2 unspecified atom stereocenters. The van der Waals surface area contributed by atoms with E-state index in [1.165, 1.54) is 14.2 Å². The van der Waals surface area contributed by atoms with Gasteiger partial charge in [0.25, 0.3) is 0 Å². The van der Waals surface area contributed by atoms with Crippen molar-refractivity contribution in [2.75, 3.05) is 53.9 Å². The van der Waals surface area contributed by atoms with E-state index in [0.717, 1.165) is 5.56 Å². The van der Waals surface area contributed by atoms with Crippen LogP contribution in [0.1, 0.15) is 44.1 Å². The molecular formula is C28H45O12Pd-. The summed E-state index contributed by atoms with van der Waals surface area (Å²) < 4.78 is 24.4. The van der Waals surface area contributed by atoms with Crippen molar-refractivity contribution in [2.45, 2.75) is 45.1 Å². The fraction of sp³-hybridized carbons (Fsp3) is 0.607. The maximum Gasteiger partial charge on any atom is 0.320 e. The Morgan fingerprint density at radius 1 is 0.683 bits per heavy atom. The molecule has 0 spiro atoms. The van der Waals surface area contributed by atoms with Crippen molar-refractivity contribution in [3.8, 4) is 0 Å². The van der Waals surface area contributed by atoms with Crippen LogP contribution < -0.4 is 0 Å². The summed E-state index contributed by atoms with van der Waals surface area (Å²) in [6.45, 7) is 0.789. The molecule has 0 fully saturated rings. The standard InChI is InChI=1S/C17H24O6.C10H18O6.CH3.Pd/c1-21-11-12-22-16(19)15(9-5-6-10-18)17(20)23-13-14-7-3-2-4-8-14;1-15-6-7-16-10(14)8(9(12)13)4-2-3-5-11;;/h2-4,7-8,15,18H,5-6,9-13H2,1H3;8,11H,2-7H2,1H3,(H,12,13);1H3;/q;;-1;. The van der Waals surface area contributed by atoms with E-state index in [2.05, 4.69) is 4.74 Å². The summed E-state index contributed by atoms with van der Waals surface area (Å²) in [5.74, 6) is -5.28. The average Bonchev–Trinajstić information content (AvgIpc) is 2.93. The molecular weight excluding hydrogens is 635 g/mol. The quantitative estimate of drug-likeness (QED) is 0.0458. The summed E-state index contributed by atoms with van der Waals surface area (Å²) in [7, 11) is 2.96. The van der Waals surface area contributed by atoms with E-state index in [4.69, 9.17) is 34.3 Å². The third-order valence-corrected chi connectivity index (χ3v) is 5.24. The molecule has 0 saturated carbocycles. The summed E-state index contributed by atoms with van der Waals surface area (Å²) in [5, 5.41) is 26.2. The Kier molecular flexibility index (Phi) is 30.6. The van der Waals surface area contributed by atoms with Gasteiger partial charge in [-0.15, -0.1) is 0 Å². The number of carboxylic acids is 1. The predicted octanol–water partition coefficient (Wildman–Crippen LogP) is 2.19. The number of aliphatic hydroxyl groups is 2. The van der Waals surface area contributed by atoms with Crippen LogP contribution in [0.3, 0.4) is 0 Å². The molecule has 0 saturated heterocycles. The third-order valence-electron chi connectivity index (χ3n) is 5.24. The van der Waals surface area contributed by atoms with Gasteiger partial charge in [0.1, 0.15) is 19.8 Å². The Bertz CT molecular complexity index is 807. The molecule has 13 heteroatoms. The molecule has 0 aliphatic rings. The van der Waals surface area contributed by atoms with Crippen molar-refractivity contribution in [1.29, 1.82) is 0 Å². The third kappa shape index (κ3) is 21.9. The second-order valence-corrected chi connectivity index (χ2v) is 8.30. The number of esters is 3. The Balaban J connectivity index is -0.000000714. The summed E-state index contributed by atoms with van der Waals surface area (Å²) in [6, 6.07) is 9.24. The molecule has 12 nitrogen and oxygen atoms in total. The molecule has 41 heavy (non-hydrogen) atoms. The summed E-state index contributed by atoms with van der Waals surface area (Å²) in [6.07, 6.45) is 2.50. The SMILES string of the molecule is COCCOC(=O)C(CCCCO)C(=O)O.COCCOC(=O)C(CCCCO)C(=O)OCc1ccccc1.[CH3-].[Pd]. The Morgan fingerprint density at radius 2 is 1.12 bits per heavy atom. The number of carbonyl (C=O) groups is 4. The molecule has 3 N–H and O–H groups in total. The fourth-order valence-electron chi connectivity index (χ4n) is 3.08. The first-order valence-electron chi connectivity index (χ1n) is 12.8. The van der Waals surface area contributed by atoms with Gasteiger partial charge in [-0.1, -0.05) is 30.3 Å². The van der Waals surface area contributed by atoms with Crippen LogP contribution in [-0.4, -0.2) is 93.1 Å². The minimum absolute atomic E-state index is 0. The molecule has 0 aromatic heterocycles. The number of carbonyl (C=O) groups excluding carboxylic acids is 3. The number of rotatable bonds is 20. The maximum absolute atomic E-state index is 12.2. The molecule has 2 atom stereocenters. The van der Waals surface area contributed by atoms with Crippen LogP contribution in [0.15, 0.2) is 30.3 Å². The predicted molar refractivity (Wildman–Crippen MR) is 145 cm³/mol. The van der Waals surface area contributed by atoms with E-state index in [1.807, 2.05) is 30.3 Å². The van der Waals surface area contributed by atoms with E-state index in [0.29, 0.717) is 32.1 Å². The van der Waals surface area contributed by atoms with E-state index in [-0.39, 0.29) is 80.5 Å². The number of hydrogen-bond donors (Lipinski definition) is 3. The van der Waals surface area contributed by atoms with Crippen molar-refractivity contribution in [1.82, 2.24) is 0 Å². The number of carboxylic acid groups (broad SMARTS) is 1. The zero-order chi connectivity index (χ0) is 29.3. The van der Waals surface area contributed by atoms with Gasteiger partial charge in [0, 0.05) is 47.9 Å². The van der Waals surface area contributed by atoms with Crippen molar-refractivity contribution >= 4 is 23.9 Å². The van der Waals surface area contributed by atoms with Gasteiger partial charge < -0.3 is 46.4 Å². The number of aliphatic carboxylic acids is 1. The van der Waals surface area contributed by atoms with Crippen LogP contribution >= 0.6 is 0 Å². The molecule has 0 radical (unpaired) electrons. The van der Waals surface area contributed by atoms with Crippen LogP contribution in [0.4, 0.5) is 0 Å². The van der Waals surface area contributed by atoms with Gasteiger partial charge in [0.05, 0.1) is 13.2 Å². The van der Waals surface area contributed by atoms with Crippen LogP contribution in [0.5, 0.6) is 0 Å². The van der Waals surface area contributed by atoms with Gasteiger partial charge >= 0.3 is 23.9 Å². The van der Waals surface area contributed by atoms with Gasteiger partial charge in [-0.25, -0.2) is 0 Å². The smallest absolute Gasteiger partial charge is 0.320 e. The first-order valence-corrected chi connectivity index (χ1v) is 12.8. The molecule has 240 valence electrons. The molecule has 1 aromatic carbocycles. The van der Waals surface area contributed by atoms with Gasteiger partial charge in [-0.3, -0.25) is 19.2 Å². The normalized spacial score (nSPS) is 11.3. The first kappa shape index (κ1) is 43.1. The minimum Gasteiger partial charge on any atom is -0.481 e. The monoisotopic (exact) mass is 679 g/mol. The van der Waals surface area contributed by atoms with E-state index in [1.54, 1.807) is 0 Å². The van der Waals surface area contributed by atoms with Crippen LogP contribution in [0.25, 0.3) is 0 Å². The number of unbranched alkanes of at least 4 members (excludes halogenated alkanes) is 2. The number of ether oxygens (including phenoxy) is 5. The second-order valence-electron chi connectivity index (χ2n) is 8.30. The van der Waals surface area contributed by atoms with Crippen molar-refractivity contribution in [3.05, 3.63) is 43.3 Å². The van der Waals surface area contributed by atoms with Gasteiger partial charge in [-0.2, -0.15) is 0 Å². The van der Waals surface area contributed by atoms with Gasteiger partial charge in [-0.05, 0) is 44.1 Å². The first-order chi connectivity index (χ1) is 18.8. The number of aliphatic hydroxyl groups excluding tert-OH is 2. The molecule has 1 rings (SSSR count). The topological polar surface area (TPSA) is 175 Å². The summed E-state index contributed by atoms with van der Waals surface area (Å²) in [4.78, 5) is 46.3. The Labute approximate surface area is 256 Å². The maximum atomic E-state index is 12.2. The number of benzene rings is 1. The average molecular weight is 680 g/mol. The summed E-state index contributed by atoms with van der Waals surface area (Å²) in [5.41, 5.74) is 0.850. The van der Waals surface area contributed by atoms with Crippen LogP contribution in [0, 0.1) is 19.3 Å². The van der Waals surface area contributed by atoms with Crippen molar-refractivity contribution < 1.29 is 78.6 Å². The van der Waals surface area contributed by atoms with E-state index >= 15 is 0 Å². The molecule has 1 aromatic rings. The summed E-state index contributed by atoms with van der Waals surface area (Å²) >= 11 is 0. The van der Waals surface area contributed by atoms with Crippen LogP contribution in [0.2, 0.25) is 0 Å². The Hall–Kier alpha value is -2.40. The van der Waals surface area contributed by atoms with E-state index < -0.39 is 35.7 Å². The molecule has 0 heterocycles. The largest absolute Gasteiger partial charge is 0.481 e. The zero-order valence-corrected chi connectivity index (χ0v) is 25.6. The molecule has 0 aliphatic heterocycles. The van der Waals surface area contributed by atoms with Gasteiger partial charge in [0.15, 0.2) is 11.8 Å².